The van der Waals surface area contributed by atoms with Gasteiger partial charge in [0.05, 0.1) is 0 Å². The Morgan fingerprint density at radius 1 is 1.60 bits per heavy atom. The Kier molecular flexibility index (Phi) is 3.76. The van der Waals surface area contributed by atoms with Crippen molar-refractivity contribution in [3.8, 4) is 0 Å². The normalized spacial score (nSPS) is 25.5. The molecule has 1 aliphatic heterocycles. The fourth-order valence-corrected chi connectivity index (χ4v) is 1.04. The van der Waals surface area contributed by atoms with E-state index in [0.717, 1.165) is 32.5 Å². The molecule has 0 spiro atoms. The number of hydrogen-bond acceptors (Lipinski definition) is 2. The topological polar surface area (TPSA) is 18.5 Å². The predicted octanol–water partition coefficient (Wildman–Crippen LogP) is 1.94. The second-order valence-corrected chi connectivity index (χ2v) is 2.67. The summed E-state index contributed by atoms with van der Waals surface area (Å²) in [6.07, 6.45) is 4.72. The molecule has 0 aromatic rings. The van der Waals surface area contributed by atoms with Crippen molar-refractivity contribution in [1.82, 2.24) is 0 Å². The molecule has 0 aliphatic carbocycles. The fraction of sp³-hybridized carbons (Fsp3) is 1.00. The first kappa shape index (κ1) is 8.02. The van der Waals surface area contributed by atoms with E-state index >= 15 is 0 Å². The number of unbranched alkanes of at least 4 members (excludes halogenated alkanes) is 1. The van der Waals surface area contributed by atoms with E-state index < -0.39 is 0 Å². The molecule has 1 heterocycles. The zero-order valence-corrected chi connectivity index (χ0v) is 6.64. The van der Waals surface area contributed by atoms with E-state index in [2.05, 4.69) is 6.92 Å². The Bertz CT molecular complexity index is 77.3. The third-order valence-electron chi connectivity index (χ3n) is 1.69. The summed E-state index contributed by atoms with van der Waals surface area (Å²) in [4.78, 5) is 0. The molecule has 2 nitrogen and oxygen atoms in total. The lowest BCUT2D eigenvalue weighted by atomic mass is 10.3. The molecule has 0 amide bonds. The minimum atomic E-state index is 0.117. The fourth-order valence-electron chi connectivity index (χ4n) is 1.04. The van der Waals surface area contributed by atoms with Gasteiger partial charge in [-0.2, -0.15) is 0 Å². The Balaban J connectivity index is 1.91. The van der Waals surface area contributed by atoms with Crippen molar-refractivity contribution < 1.29 is 9.47 Å². The summed E-state index contributed by atoms with van der Waals surface area (Å²) in [5.41, 5.74) is 0. The maximum atomic E-state index is 5.42. The van der Waals surface area contributed by atoms with Gasteiger partial charge < -0.3 is 9.47 Å². The van der Waals surface area contributed by atoms with E-state index in [-0.39, 0.29) is 6.29 Å². The van der Waals surface area contributed by atoms with Crippen molar-refractivity contribution in [3.05, 3.63) is 0 Å². The van der Waals surface area contributed by atoms with Gasteiger partial charge in [-0.3, -0.25) is 0 Å². The van der Waals surface area contributed by atoms with Gasteiger partial charge in [0.15, 0.2) is 6.29 Å². The summed E-state index contributed by atoms with van der Waals surface area (Å²) in [5, 5.41) is 0. The van der Waals surface area contributed by atoms with Crippen LogP contribution in [0.25, 0.3) is 0 Å². The van der Waals surface area contributed by atoms with Crippen molar-refractivity contribution >= 4 is 0 Å². The van der Waals surface area contributed by atoms with Crippen LogP contribution in [0.5, 0.6) is 0 Å². The maximum Gasteiger partial charge on any atom is 0.157 e. The van der Waals surface area contributed by atoms with Crippen LogP contribution in [0.15, 0.2) is 0 Å². The molecular weight excluding hydrogens is 128 g/mol. The highest BCUT2D eigenvalue weighted by Gasteiger charge is 2.14. The lowest BCUT2D eigenvalue weighted by molar-refractivity contribution is -0.111. The van der Waals surface area contributed by atoms with E-state index in [1.165, 1.54) is 6.42 Å². The maximum absolute atomic E-state index is 5.42. The first-order valence-electron chi connectivity index (χ1n) is 4.16. The molecule has 0 N–H and O–H groups in total. The molecule has 1 rings (SSSR count). The first-order valence-corrected chi connectivity index (χ1v) is 4.16. The third-order valence-corrected chi connectivity index (χ3v) is 1.69. The van der Waals surface area contributed by atoms with Crippen LogP contribution in [-0.2, 0) is 9.47 Å². The van der Waals surface area contributed by atoms with Gasteiger partial charge in [0.25, 0.3) is 0 Å². The van der Waals surface area contributed by atoms with Crippen LogP contribution in [0.1, 0.15) is 32.6 Å². The van der Waals surface area contributed by atoms with Crippen LogP contribution < -0.4 is 0 Å². The standard InChI is InChI=1S/C8H16O2/c1-2-3-6-9-8-5-4-7-10-8/h8H,2-7H2,1H3/t8-/m0/s1. The van der Waals surface area contributed by atoms with Gasteiger partial charge in [-0.05, 0) is 12.8 Å². The van der Waals surface area contributed by atoms with Crippen molar-refractivity contribution in [2.24, 2.45) is 0 Å². The lowest BCUT2D eigenvalue weighted by Gasteiger charge is -2.09. The highest BCUT2D eigenvalue weighted by atomic mass is 16.7. The molecule has 2 heteroatoms. The smallest absolute Gasteiger partial charge is 0.157 e. The number of ether oxygens (including phenoxy) is 2. The van der Waals surface area contributed by atoms with Gasteiger partial charge in [-0.15, -0.1) is 0 Å². The average Bonchev–Trinajstić information content (AvgIpc) is 2.41. The molecule has 60 valence electrons. The molecule has 0 saturated carbocycles. The molecule has 1 aliphatic rings. The average molecular weight is 144 g/mol. The second kappa shape index (κ2) is 4.69. The molecule has 1 atom stereocenters. The van der Waals surface area contributed by atoms with Gasteiger partial charge in [-0.25, -0.2) is 0 Å². The van der Waals surface area contributed by atoms with Gasteiger partial charge >= 0.3 is 0 Å². The lowest BCUT2D eigenvalue weighted by Crippen LogP contribution is -2.10. The summed E-state index contributed by atoms with van der Waals surface area (Å²) in [5.74, 6) is 0. The third kappa shape index (κ3) is 2.67. The zero-order valence-electron chi connectivity index (χ0n) is 6.64. The molecule has 0 aromatic carbocycles. The molecule has 1 saturated heterocycles. The molecule has 0 radical (unpaired) electrons. The van der Waals surface area contributed by atoms with E-state index in [9.17, 15) is 0 Å². The summed E-state index contributed by atoms with van der Waals surface area (Å²) < 4.78 is 10.7. The molecule has 0 aromatic heterocycles. The quantitative estimate of drug-likeness (QED) is 0.561. The highest BCUT2D eigenvalue weighted by molar-refractivity contribution is 4.53. The van der Waals surface area contributed by atoms with Crippen LogP contribution in [0.4, 0.5) is 0 Å². The minimum absolute atomic E-state index is 0.117. The van der Waals surface area contributed by atoms with Crippen molar-refractivity contribution in [2.45, 2.75) is 38.9 Å². The Morgan fingerprint density at radius 3 is 3.10 bits per heavy atom. The van der Waals surface area contributed by atoms with Gasteiger partial charge in [0.2, 0.25) is 0 Å². The van der Waals surface area contributed by atoms with Gasteiger partial charge in [0.1, 0.15) is 0 Å². The molecule has 0 bridgehead atoms. The van der Waals surface area contributed by atoms with Crippen molar-refractivity contribution in [2.75, 3.05) is 13.2 Å². The zero-order chi connectivity index (χ0) is 7.23. The van der Waals surface area contributed by atoms with Crippen LogP contribution in [0.3, 0.4) is 0 Å². The summed E-state index contributed by atoms with van der Waals surface area (Å²) in [7, 11) is 0. The Hall–Kier alpha value is -0.0800. The second-order valence-electron chi connectivity index (χ2n) is 2.67. The number of rotatable bonds is 4. The molecule has 0 unspecified atom stereocenters. The van der Waals surface area contributed by atoms with E-state index in [4.69, 9.17) is 9.47 Å². The predicted molar refractivity (Wildman–Crippen MR) is 39.8 cm³/mol. The number of hydrogen-bond donors (Lipinski definition) is 0. The van der Waals surface area contributed by atoms with Crippen LogP contribution >= 0.6 is 0 Å². The largest absolute Gasteiger partial charge is 0.353 e. The van der Waals surface area contributed by atoms with Gasteiger partial charge in [0, 0.05) is 19.6 Å². The minimum Gasteiger partial charge on any atom is -0.353 e. The molecule has 1 fully saturated rings. The Morgan fingerprint density at radius 2 is 2.50 bits per heavy atom. The van der Waals surface area contributed by atoms with Crippen LogP contribution in [0, 0.1) is 0 Å². The summed E-state index contributed by atoms with van der Waals surface area (Å²) in [6, 6.07) is 0. The van der Waals surface area contributed by atoms with Crippen molar-refractivity contribution in [3.63, 3.8) is 0 Å². The summed E-state index contributed by atoms with van der Waals surface area (Å²) >= 11 is 0. The summed E-state index contributed by atoms with van der Waals surface area (Å²) in [6.45, 7) is 3.91. The molecular formula is C8H16O2. The van der Waals surface area contributed by atoms with E-state index in [0.29, 0.717) is 0 Å². The SMILES string of the molecule is CCCCO[C@@H]1CCCO1. The van der Waals surface area contributed by atoms with Crippen LogP contribution in [-0.4, -0.2) is 19.5 Å². The van der Waals surface area contributed by atoms with E-state index in [1.807, 2.05) is 0 Å². The van der Waals surface area contributed by atoms with Crippen molar-refractivity contribution in [1.29, 1.82) is 0 Å². The first-order chi connectivity index (χ1) is 4.93. The van der Waals surface area contributed by atoms with Crippen LogP contribution in [0.2, 0.25) is 0 Å². The highest BCUT2D eigenvalue weighted by Crippen LogP contribution is 2.13. The Labute approximate surface area is 62.5 Å². The monoisotopic (exact) mass is 144 g/mol. The van der Waals surface area contributed by atoms with E-state index in [1.54, 1.807) is 0 Å². The molecule has 10 heavy (non-hydrogen) atoms. The van der Waals surface area contributed by atoms with Gasteiger partial charge in [-0.1, -0.05) is 13.3 Å².